The van der Waals surface area contributed by atoms with E-state index in [9.17, 15) is 0 Å². The lowest BCUT2D eigenvalue weighted by Crippen LogP contribution is -2.31. The van der Waals surface area contributed by atoms with Crippen LogP contribution >= 0.6 is 0 Å². The average Bonchev–Trinajstić information content (AvgIpc) is 2.34. The van der Waals surface area contributed by atoms with E-state index in [2.05, 4.69) is 51.3 Å². The van der Waals surface area contributed by atoms with Gasteiger partial charge in [-0.15, -0.1) is 0 Å². The standard InChI is InChI=1S/C15H26N2O/c1-11-6-7-13(10-12(11)2)14(17-16)8-9-15(3,4)18-5/h6-7,10,14,17H,8-9,16H2,1-5H3. The highest BCUT2D eigenvalue weighted by atomic mass is 16.5. The second-order valence-electron chi connectivity index (χ2n) is 5.57. The van der Waals surface area contributed by atoms with Crippen LogP contribution in [0, 0.1) is 13.8 Å². The summed E-state index contributed by atoms with van der Waals surface area (Å²) in [7, 11) is 1.75. The first-order chi connectivity index (χ1) is 8.39. The van der Waals surface area contributed by atoms with Crippen LogP contribution in [0.5, 0.6) is 0 Å². The maximum atomic E-state index is 5.67. The molecule has 1 rings (SSSR count). The normalized spacial score (nSPS) is 13.7. The summed E-state index contributed by atoms with van der Waals surface area (Å²) in [6.07, 6.45) is 1.92. The van der Waals surface area contributed by atoms with Gasteiger partial charge in [-0.2, -0.15) is 0 Å². The molecule has 0 saturated carbocycles. The number of nitrogens with two attached hydrogens (primary N) is 1. The van der Waals surface area contributed by atoms with Crippen LogP contribution in [0.4, 0.5) is 0 Å². The first-order valence-corrected chi connectivity index (χ1v) is 6.48. The molecule has 0 heterocycles. The highest BCUT2D eigenvalue weighted by molar-refractivity contribution is 5.31. The van der Waals surface area contributed by atoms with Crippen molar-refractivity contribution < 1.29 is 4.74 Å². The van der Waals surface area contributed by atoms with E-state index in [4.69, 9.17) is 10.6 Å². The van der Waals surface area contributed by atoms with Crippen LogP contribution in [-0.2, 0) is 4.74 Å². The van der Waals surface area contributed by atoms with Gasteiger partial charge < -0.3 is 4.74 Å². The van der Waals surface area contributed by atoms with Crippen LogP contribution in [-0.4, -0.2) is 12.7 Å². The lowest BCUT2D eigenvalue weighted by atomic mass is 9.93. The van der Waals surface area contributed by atoms with Gasteiger partial charge in [0.05, 0.1) is 5.60 Å². The third-order valence-corrected chi connectivity index (χ3v) is 3.72. The molecule has 3 heteroatoms. The summed E-state index contributed by atoms with van der Waals surface area (Å²) < 4.78 is 5.44. The molecule has 102 valence electrons. The van der Waals surface area contributed by atoms with Gasteiger partial charge in [0.15, 0.2) is 0 Å². The van der Waals surface area contributed by atoms with E-state index < -0.39 is 0 Å². The minimum Gasteiger partial charge on any atom is -0.379 e. The molecule has 18 heavy (non-hydrogen) atoms. The van der Waals surface area contributed by atoms with E-state index >= 15 is 0 Å². The minimum atomic E-state index is -0.102. The molecule has 0 saturated heterocycles. The van der Waals surface area contributed by atoms with Crippen molar-refractivity contribution in [3.63, 3.8) is 0 Å². The van der Waals surface area contributed by atoms with Crippen molar-refractivity contribution in [2.45, 2.75) is 52.2 Å². The Bertz CT molecular complexity index is 388. The van der Waals surface area contributed by atoms with Crippen molar-refractivity contribution in [2.24, 2.45) is 5.84 Å². The molecule has 0 radical (unpaired) electrons. The second kappa shape index (κ2) is 6.32. The number of benzene rings is 1. The van der Waals surface area contributed by atoms with E-state index in [1.165, 1.54) is 16.7 Å². The Morgan fingerprint density at radius 2 is 1.94 bits per heavy atom. The van der Waals surface area contributed by atoms with E-state index in [1.807, 2.05) is 0 Å². The fraction of sp³-hybridized carbons (Fsp3) is 0.600. The fourth-order valence-electron chi connectivity index (χ4n) is 1.92. The van der Waals surface area contributed by atoms with Crippen LogP contribution < -0.4 is 11.3 Å². The van der Waals surface area contributed by atoms with Crippen LogP contribution in [0.3, 0.4) is 0 Å². The largest absolute Gasteiger partial charge is 0.379 e. The van der Waals surface area contributed by atoms with Gasteiger partial charge in [0.25, 0.3) is 0 Å². The van der Waals surface area contributed by atoms with Crippen LogP contribution in [0.15, 0.2) is 18.2 Å². The van der Waals surface area contributed by atoms with Crippen molar-refractivity contribution in [1.29, 1.82) is 0 Å². The van der Waals surface area contributed by atoms with Crippen molar-refractivity contribution in [2.75, 3.05) is 7.11 Å². The molecule has 0 spiro atoms. The van der Waals surface area contributed by atoms with E-state index in [1.54, 1.807) is 7.11 Å². The number of ether oxygens (including phenoxy) is 1. The zero-order valence-corrected chi connectivity index (χ0v) is 12.2. The summed E-state index contributed by atoms with van der Waals surface area (Å²) in [4.78, 5) is 0. The SMILES string of the molecule is COC(C)(C)CCC(NN)c1ccc(C)c(C)c1. The molecular weight excluding hydrogens is 224 g/mol. The fourth-order valence-corrected chi connectivity index (χ4v) is 1.92. The molecule has 1 atom stereocenters. The molecule has 3 N–H and O–H groups in total. The van der Waals surface area contributed by atoms with E-state index in [0.29, 0.717) is 0 Å². The summed E-state index contributed by atoms with van der Waals surface area (Å²) in [5.74, 6) is 5.67. The van der Waals surface area contributed by atoms with Gasteiger partial charge in [0.2, 0.25) is 0 Å². The summed E-state index contributed by atoms with van der Waals surface area (Å²) in [5.41, 5.74) is 6.66. The number of hydrogen-bond acceptors (Lipinski definition) is 3. The van der Waals surface area contributed by atoms with Gasteiger partial charge in [0, 0.05) is 13.2 Å². The molecule has 0 aromatic heterocycles. The monoisotopic (exact) mass is 250 g/mol. The number of methoxy groups -OCH3 is 1. The van der Waals surface area contributed by atoms with E-state index in [0.717, 1.165) is 12.8 Å². The number of hydrazine groups is 1. The van der Waals surface area contributed by atoms with Crippen LogP contribution in [0.25, 0.3) is 0 Å². The zero-order chi connectivity index (χ0) is 13.8. The molecule has 0 aliphatic heterocycles. The Balaban J connectivity index is 2.74. The molecular formula is C15H26N2O. The first-order valence-electron chi connectivity index (χ1n) is 6.48. The van der Waals surface area contributed by atoms with Gasteiger partial charge >= 0.3 is 0 Å². The highest BCUT2D eigenvalue weighted by Gasteiger charge is 2.19. The van der Waals surface area contributed by atoms with Gasteiger partial charge in [-0.3, -0.25) is 11.3 Å². The zero-order valence-electron chi connectivity index (χ0n) is 12.2. The van der Waals surface area contributed by atoms with Crippen LogP contribution in [0.1, 0.15) is 49.4 Å². The second-order valence-corrected chi connectivity index (χ2v) is 5.57. The number of rotatable bonds is 6. The predicted octanol–water partition coefficient (Wildman–Crippen LogP) is 3.01. The van der Waals surface area contributed by atoms with Gasteiger partial charge in [-0.25, -0.2) is 0 Å². The third-order valence-electron chi connectivity index (χ3n) is 3.72. The highest BCUT2D eigenvalue weighted by Crippen LogP contribution is 2.25. The minimum absolute atomic E-state index is 0.102. The Morgan fingerprint density at radius 3 is 2.44 bits per heavy atom. The first kappa shape index (κ1) is 15.2. The lowest BCUT2D eigenvalue weighted by molar-refractivity contribution is 0.0117. The Kier molecular flexibility index (Phi) is 5.32. The molecule has 1 aromatic rings. The maximum absolute atomic E-state index is 5.67. The average molecular weight is 250 g/mol. The Morgan fingerprint density at radius 1 is 1.28 bits per heavy atom. The van der Waals surface area contributed by atoms with Crippen LogP contribution in [0.2, 0.25) is 0 Å². The number of nitrogens with one attached hydrogen (secondary N) is 1. The molecule has 0 bridgehead atoms. The lowest BCUT2D eigenvalue weighted by Gasteiger charge is -2.26. The molecule has 0 aliphatic rings. The smallest absolute Gasteiger partial charge is 0.0623 e. The van der Waals surface area contributed by atoms with Gasteiger partial charge in [-0.05, 0) is 57.2 Å². The molecule has 3 nitrogen and oxygen atoms in total. The maximum Gasteiger partial charge on any atom is 0.0623 e. The topological polar surface area (TPSA) is 47.3 Å². The van der Waals surface area contributed by atoms with Crippen molar-refractivity contribution in [1.82, 2.24) is 5.43 Å². The Labute approximate surface area is 111 Å². The Hall–Kier alpha value is -0.900. The predicted molar refractivity (Wildman–Crippen MR) is 76.3 cm³/mol. The van der Waals surface area contributed by atoms with Gasteiger partial charge in [0.1, 0.15) is 0 Å². The molecule has 0 aliphatic carbocycles. The van der Waals surface area contributed by atoms with Crippen molar-refractivity contribution >= 4 is 0 Å². The molecule has 1 unspecified atom stereocenters. The number of aryl methyl sites for hydroxylation is 2. The summed E-state index contributed by atoms with van der Waals surface area (Å²) in [6, 6.07) is 6.68. The van der Waals surface area contributed by atoms with E-state index in [-0.39, 0.29) is 11.6 Å². The quantitative estimate of drug-likeness (QED) is 0.602. The molecule has 0 amide bonds. The summed E-state index contributed by atoms with van der Waals surface area (Å²) in [6.45, 7) is 8.45. The molecule has 0 fully saturated rings. The molecule has 1 aromatic carbocycles. The summed E-state index contributed by atoms with van der Waals surface area (Å²) in [5, 5.41) is 0. The van der Waals surface area contributed by atoms with Crippen molar-refractivity contribution in [3.05, 3.63) is 34.9 Å². The van der Waals surface area contributed by atoms with Gasteiger partial charge in [-0.1, -0.05) is 18.2 Å². The third kappa shape index (κ3) is 4.09. The summed E-state index contributed by atoms with van der Waals surface area (Å²) >= 11 is 0. The number of hydrogen-bond donors (Lipinski definition) is 2. The van der Waals surface area contributed by atoms with Crippen molar-refractivity contribution in [3.8, 4) is 0 Å².